The van der Waals surface area contributed by atoms with Crippen LogP contribution >= 0.6 is 0 Å². The van der Waals surface area contributed by atoms with Crippen LogP contribution in [0.4, 0.5) is 4.39 Å². The summed E-state index contributed by atoms with van der Waals surface area (Å²) in [7, 11) is 0. The summed E-state index contributed by atoms with van der Waals surface area (Å²) in [5, 5.41) is 0. The number of rotatable bonds is 2. The van der Waals surface area contributed by atoms with Gasteiger partial charge in [0.2, 0.25) is 0 Å². The molecule has 0 unspecified atom stereocenters. The average Bonchev–Trinajstić information content (AvgIpc) is 1.91. The maximum atomic E-state index is 11.7. The minimum absolute atomic E-state index is 0.0429. The Bertz CT molecular complexity index is 162. The summed E-state index contributed by atoms with van der Waals surface area (Å²) in [5.74, 6) is 0. The van der Waals surface area contributed by atoms with E-state index in [1.807, 2.05) is 30.3 Å². The van der Waals surface area contributed by atoms with Gasteiger partial charge in [-0.1, -0.05) is 0 Å². The van der Waals surface area contributed by atoms with Crippen LogP contribution in [-0.2, 0) is 0 Å². The zero-order valence-corrected chi connectivity index (χ0v) is 6.59. The van der Waals surface area contributed by atoms with E-state index in [1.165, 1.54) is 0 Å². The normalized spacial score (nSPS) is 9.44. The Kier molecular flexibility index (Phi) is 2.75. The molecule has 2 heteroatoms. The Morgan fingerprint density at radius 2 is 1.89 bits per heavy atom. The second kappa shape index (κ2) is 3.65. The van der Waals surface area contributed by atoms with E-state index < -0.39 is 0 Å². The first kappa shape index (κ1) is 6.78. The van der Waals surface area contributed by atoms with E-state index >= 15 is 0 Å². The number of halogens is 1. The summed E-state index contributed by atoms with van der Waals surface area (Å²) in [6, 6.07) is 9.73. The van der Waals surface area contributed by atoms with Gasteiger partial charge in [0.1, 0.15) is 0 Å². The van der Waals surface area contributed by atoms with Crippen LogP contribution in [0.25, 0.3) is 0 Å². The van der Waals surface area contributed by atoms with E-state index in [0.717, 1.165) is 4.46 Å². The molecule has 9 heavy (non-hydrogen) atoms. The van der Waals surface area contributed by atoms with Gasteiger partial charge in [0.15, 0.2) is 0 Å². The number of benzene rings is 1. The van der Waals surface area contributed by atoms with Gasteiger partial charge in [-0.15, -0.1) is 0 Å². The van der Waals surface area contributed by atoms with Crippen LogP contribution in [0.15, 0.2) is 30.3 Å². The van der Waals surface area contributed by atoms with Crippen molar-refractivity contribution in [3.8, 4) is 0 Å². The first-order valence-corrected chi connectivity index (χ1v) is 4.74. The van der Waals surface area contributed by atoms with Crippen LogP contribution < -0.4 is 4.46 Å². The minimum atomic E-state index is -0.197. The van der Waals surface area contributed by atoms with Crippen molar-refractivity contribution in [1.29, 1.82) is 0 Å². The van der Waals surface area contributed by atoms with Crippen molar-refractivity contribution in [2.24, 2.45) is 0 Å². The predicted octanol–water partition coefficient (Wildman–Crippen LogP) is 0.943. The predicted molar refractivity (Wildman–Crippen MR) is 37.8 cm³/mol. The molecule has 0 aliphatic rings. The van der Waals surface area contributed by atoms with E-state index in [9.17, 15) is 4.39 Å². The third kappa shape index (κ3) is 2.17. The molecule has 1 rings (SSSR count). The maximum absolute atomic E-state index is 11.7. The molecule has 0 N–H and O–H groups in total. The van der Waals surface area contributed by atoms with Crippen LogP contribution in [0.1, 0.15) is 0 Å². The summed E-state index contributed by atoms with van der Waals surface area (Å²) in [5.41, 5.74) is -0.197. The van der Waals surface area contributed by atoms with Gasteiger partial charge in [0, 0.05) is 0 Å². The van der Waals surface area contributed by atoms with Gasteiger partial charge in [-0.3, -0.25) is 0 Å². The van der Waals surface area contributed by atoms with Crippen LogP contribution in [0.5, 0.6) is 0 Å². The van der Waals surface area contributed by atoms with Gasteiger partial charge in [-0.05, 0) is 0 Å². The zero-order chi connectivity index (χ0) is 6.53. The molecule has 0 fully saturated rings. The summed E-state index contributed by atoms with van der Waals surface area (Å²) >= 11 is 0.0429. The van der Waals surface area contributed by atoms with E-state index in [4.69, 9.17) is 0 Å². The third-order valence-electron chi connectivity index (χ3n) is 0.964. The SMILES string of the molecule is FC[Se]c1ccccc1. The Morgan fingerprint density at radius 1 is 1.22 bits per heavy atom. The molecule has 0 atom stereocenters. The first-order valence-electron chi connectivity index (χ1n) is 2.67. The first-order chi connectivity index (χ1) is 4.43. The third-order valence-corrected chi connectivity index (χ3v) is 2.46. The molecule has 0 bridgehead atoms. The molecule has 0 nitrogen and oxygen atoms in total. The van der Waals surface area contributed by atoms with Crippen LogP contribution in [-0.4, -0.2) is 20.5 Å². The van der Waals surface area contributed by atoms with Gasteiger partial charge in [-0.25, -0.2) is 0 Å². The molecule has 0 aromatic heterocycles. The van der Waals surface area contributed by atoms with Crippen LogP contribution in [0, 0.1) is 0 Å². The molecule has 0 heterocycles. The molecular formula is C7H7FSe. The van der Waals surface area contributed by atoms with Gasteiger partial charge >= 0.3 is 59.7 Å². The molecule has 48 valence electrons. The summed E-state index contributed by atoms with van der Waals surface area (Å²) in [6.07, 6.45) is 0. The topological polar surface area (TPSA) is 0 Å². The van der Waals surface area contributed by atoms with Crippen molar-refractivity contribution in [1.82, 2.24) is 0 Å². The molecule has 1 aromatic rings. The van der Waals surface area contributed by atoms with Crippen molar-refractivity contribution in [2.75, 3.05) is 5.57 Å². The fourth-order valence-electron chi connectivity index (χ4n) is 0.580. The number of hydrogen-bond acceptors (Lipinski definition) is 0. The van der Waals surface area contributed by atoms with Gasteiger partial charge in [0.25, 0.3) is 0 Å². The number of hydrogen-bond donors (Lipinski definition) is 0. The molecular weight excluding hydrogens is 182 g/mol. The molecule has 0 spiro atoms. The average molecular weight is 189 g/mol. The Hall–Kier alpha value is -0.331. The van der Waals surface area contributed by atoms with Crippen LogP contribution in [0.2, 0.25) is 0 Å². The fraction of sp³-hybridized carbons (Fsp3) is 0.143. The molecule has 1 aromatic carbocycles. The Balaban J connectivity index is 2.61. The summed E-state index contributed by atoms with van der Waals surface area (Å²) < 4.78 is 12.8. The monoisotopic (exact) mass is 190 g/mol. The van der Waals surface area contributed by atoms with Crippen molar-refractivity contribution in [3.05, 3.63) is 30.3 Å². The summed E-state index contributed by atoms with van der Waals surface area (Å²) in [6.45, 7) is 0. The fourth-order valence-corrected chi connectivity index (χ4v) is 1.58. The second-order valence-corrected chi connectivity index (χ2v) is 3.62. The number of alkyl halides is 1. The van der Waals surface area contributed by atoms with Crippen molar-refractivity contribution < 1.29 is 4.39 Å². The quantitative estimate of drug-likeness (QED) is 0.607. The molecule has 0 amide bonds. The van der Waals surface area contributed by atoms with Crippen molar-refractivity contribution in [2.45, 2.75) is 0 Å². The molecule has 0 aliphatic heterocycles. The zero-order valence-electron chi connectivity index (χ0n) is 4.88. The van der Waals surface area contributed by atoms with Gasteiger partial charge in [-0.2, -0.15) is 0 Å². The molecule has 0 aliphatic carbocycles. The Labute approximate surface area is 60.2 Å². The van der Waals surface area contributed by atoms with Gasteiger partial charge < -0.3 is 0 Å². The van der Waals surface area contributed by atoms with Gasteiger partial charge in [0.05, 0.1) is 0 Å². The van der Waals surface area contributed by atoms with E-state index in [1.54, 1.807) is 0 Å². The standard InChI is InChI=1S/C7H7FSe/c8-6-9-7-4-2-1-3-5-7/h1-5H,6H2. The van der Waals surface area contributed by atoms with Crippen molar-refractivity contribution >= 4 is 19.4 Å². The van der Waals surface area contributed by atoms with E-state index in [2.05, 4.69) is 0 Å². The van der Waals surface area contributed by atoms with Crippen molar-refractivity contribution in [3.63, 3.8) is 0 Å². The molecule has 0 saturated heterocycles. The van der Waals surface area contributed by atoms with Crippen LogP contribution in [0.3, 0.4) is 0 Å². The molecule has 0 radical (unpaired) electrons. The summed E-state index contributed by atoms with van der Waals surface area (Å²) in [4.78, 5) is 0. The van der Waals surface area contributed by atoms with E-state index in [0.29, 0.717) is 0 Å². The van der Waals surface area contributed by atoms with E-state index in [-0.39, 0.29) is 20.5 Å². The Morgan fingerprint density at radius 3 is 2.44 bits per heavy atom. The molecule has 0 saturated carbocycles. The second-order valence-electron chi connectivity index (χ2n) is 1.57.